The van der Waals surface area contributed by atoms with Crippen molar-refractivity contribution >= 4 is 45.8 Å². The third-order valence-electron chi connectivity index (χ3n) is 5.44. The van der Waals surface area contributed by atoms with E-state index >= 15 is 0 Å². The maximum Gasteiger partial charge on any atom is 0.250 e. The second-order valence-electron chi connectivity index (χ2n) is 7.38. The van der Waals surface area contributed by atoms with E-state index in [0.29, 0.717) is 5.57 Å². The van der Waals surface area contributed by atoms with Crippen LogP contribution < -0.4 is 10.6 Å². The Morgan fingerprint density at radius 2 is 1.86 bits per heavy atom. The lowest BCUT2D eigenvalue weighted by molar-refractivity contribution is -0.114. The Morgan fingerprint density at radius 1 is 1.10 bits per heavy atom. The van der Waals surface area contributed by atoms with Gasteiger partial charge in [0.1, 0.15) is 5.82 Å². The second-order valence-corrected chi connectivity index (χ2v) is 8.19. The van der Waals surface area contributed by atoms with Crippen molar-refractivity contribution < 1.29 is 4.79 Å². The van der Waals surface area contributed by atoms with Crippen LogP contribution in [0.15, 0.2) is 48.2 Å². The van der Waals surface area contributed by atoms with Crippen molar-refractivity contribution in [1.82, 2.24) is 14.2 Å². The summed E-state index contributed by atoms with van der Waals surface area (Å²) in [6.45, 7) is 7.20. The third-order valence-corrected chi connectivity index (χ3v) is 6.26. The fourth-order valence-electron chi connectivity index (χ4n) is 3.84. The van der Waals surface area contributed by atoms with Gasteiger partial charge in [-0.3, -0.25) is 9.69 Å². The molecule has 2 aliphatic rings. The van der Waals surface area contributed by atoms with Gasteiger partial charge < -0.3 is 15.5 Å². The van der Waals surface area contributed by atoms with E-state index in [1.165, 1.54) is 16.5 Å². The van der Waals surface area contributed by atoms with Gasteiger partial charge in [-0.25, -0.2) is 0 Å². The van der Waals surface area contributed by atoms with Gasteiger partial charge in [-0.1, -0.05) is 24.3 Å². The maximum atomic E-state index is 11.3. The quantitative estimate of drug-likeness (QED) is 0.680. The van der Waals surface area contributed by atoms with Crippen molar-refractivity contribution in [3.63, 3.8) is 0 Å². The van der Waals surface area contributed by atoms with E-state index in [9.17, 15) is 4.79 Å². The van der Waals surface area contributed by atoms with Crippen molar-refractivity contribution in [1.29, 1.82) is 0 Å². The molecule has 2 aromatic rings. The van der Waals surface area contributed by atoms with Crippen LogP contribution in [0, 0.1) is 0 Å². The molecule has 6 nitrogen and oxygen atoms in total. The molecular weight excluding hydrogens is 406 g/mol. The minimum Gasteiger partial charge on any atom is -0.373 e. The van der Waals surface area contributed by atoms with Crippen molar-refractivity contribution in [2.24, 2.45) is 5.73 Å². The van der Waals surface area contributed by atoms with Crippen LogP contribution in [0.4, 0.5) is 5.82 Å². The first-order valence-electron chi connectivity index (χ1n) is 9.94. The molecule has 0 atom stereocenters. The lowest BCUT2D eigenvalue weighted by Gasteiger charge is -2.35. The molecule has 8 heteroatoms. The second kappa shape index (κ2) is 10.1. The van der Waals surface area contributed by atoms with E-state index in [-0.39, 0.29) is 18.3 Å². The van der Waals surface area contributed by atoms with Gasteiger partial charge in [0.15, 0.2) is 0 Å². The number of fused-ring (bicyclic) bond motifs is 1. The number of hydrogen-bond acceptors (Lipinski definition) is 6. The zero-order chi connectivity index (χ0) is 19.3. The zero-order valence-electron chi connectivity index (χ0n) is 16.5. The topological polar surface area (TPSA) is 65.7 Å². The van der Waals surface area contributed by atoms with Crippen LogP contribution in [0.3, 0.4) is 0 Å². The minimum absolute atomic E-state index is 0. The number of primary amides is 1. The molecule has 1 aromatic carbocycles. The first-order valence-corrected chi connectivity index (χ1v) is 10.7. The first kappa shape index (κ1) is 21.6. The number of nitrogens with two attached hydrogens (primary N) is 1. The average Bonchev–Trinajstić information content (AvgIpc) is 3.16. The van der Waals surface area contributed by atoms with Crippen LogP contribution in [-0.2, 0) is 4.79 Å². The maximum absolute atomic E-state index is 11.3. The molecule has 0 unspecified atom stereocenters. The molecule has 0 bridgehead atoms. The Kier molecular flexibility index (Phi) is 7.52. The highest BCUT2D eigenvalue weighted by atomic mass is 35.5. The van der Waals surface area contributed by atoms with Crippen LogP contribution >= 0.6 is 23.9 Å². The number of aromatic nitrogens is 1. The fourth-order valence-corrected chi connectivity index (χ4v) is 4.64. The highest BCUT2D eigenvalue weighted by Gasteiger charge is 2.20. The minimum atomic E-state index is -0.355. The van der Waals surface area contributed by atoms with Crippen molar-refractivity contribution in [2.75, 3.05) is 50.7 Å². The fraction of sp³-hybridized carbons (Fsp3) is 0.429. The van der Waals surface area contributed by atoms with E-state index in [1.807, 2.05) is 18.4 Å². The van der Waals surface area contributed by atoms with Gasteiger partial charge in [0.05, 0.1) is 10.3 Å². The molecule has 0 radical (unpaired) electrons. The summed E-state index contributed by atoms with van der Waals surface area (Å²) in [5, 5.41) is 1.28. The van der Waals surface area contributed by atoms with Gasteiger partial charge in [0, 0.05) is 50.9 Å². The molecule has 156 valence electrons. The standard InChI is InChI=1S/C21H27N5OS.ClH/c22-20(27)17-6-5-11-25(16-17)10-4-3-9-24-12-14-26(15-13-24)21-18-7-1-2-8-19(18)28-23-21;/h1-2,5-8,16H,3-4,9-15H2,(H2,22,27);1H. The van der Waals surface area contributed by atoms with Crippen LogP contribution in [0.2, 0.25) is 0 Å². The largest absolute Gasteiger partial charge is 0.373 e. The molecule has 1 fully saturated rings. The predicted octanol–water partition coefficient (Wildman–Crippen LogP) is 2.86. The molecule has 1 amide bonds. The summed E-state index contributed by atoms with van der Waals surface area (Å²) < 4.78 is 5.95. The van der Waals surface area contributed by atoms with Crippen molar-refractivity contribution in [3.8, 4) is 0 Å². The van der Waals surface area contributed by atoms with Gasteiger partial charge in [0.25, 0.3) is 0 Å². The Balaban J connectivity index is 0.00000240. The Hall–Kier alpha value is -2.09. The summed E-state index contributed by atoms with van der Waals surface area (Å²) in [7, 11) is 0. The molecule has 4 rings (SSSR count). The number of halogens is 1. The first-order chi connectivity index (χ1) is 13.7. The van der Waals surface area contributed by atoms with Gasteiger partial charge in [-0.05, 0) is 43.1 Å². The Labute approximate surface area is 182 Å². The van der Waals surface area contributed by atoms with Crippen LogP contribution in [-0.4, -0.2) is 65.9 Å². The van der Waals surface area contributed by atoms with Crippen LogP contribution in [0.1, 0.15) is 12.8 Å². The van der Waals surface area contributed by atoms with Crippen LogP contribution in [0.5, 0.6) is 0 Å². The molecule has 1 saturated heterocycles. The monoisotopic (exact) mass is 433 g/mol. The van der Waals surface area contributed by atoms with Gasteiger partial charge in [-0.2, -0.15) is 4.37 Å². The molecule has 0 aliphatic carbocycles. The smallest absolute Gasteiger partial charge is 0.250 e. The number of amides is 1. The van der Waals surface area contributed by atoms with Crippen molar-refractivity contribution in [3.05, 3.63) is 48.2 Å². The number of anilines is 1. The summed E-state index contributed by atoms with van der Waals surface area (Å²) in [5.74, 6) is 0.794. The summed E-state index contributed by atoms with van der Waals surface area (Å²) in [6.07, 6.45) is 7.98. The summed E-state index contributed by atoms with van der Waals surface area (Å²) in [4.78, 5) is 18.4. The number of carbonyl (C=O) groups is 1. The molecule has 1 aromatic heterocycles. The highest BCUT2D eigenvalue weighted by Crippen LogP contribution is 2.29. The van der Waals surface area contributed by atoms with E-state index in [2.05, 4.69) is 43.3 Å². The number of rotatable bonds is 7. The number of hydrogen-bond donors (Lipinski definition) is 1. The van der Waals surface area contributed by atoms with E-state index in [4.69, 9.17) is 5.73 Å². The number of benzene rings is 1. The van der Waals surface area contributed by atoms with Gasteiger partial charge in [0.2, 0.25) is 5.91 Å². The third kappa shape index (κ3) is 5.29. The molecule has 29 heavy (non-hydrogen) atoms. The number of nitrogens with zero attached hydrogens (tertiary/aromatic N) is 4. The summed E-state index contributed by atoms with van der Waals surface area (Å²) in [6, 6.07) is 8.49. The summed E-state index contributed by atoms with van der Waals surface area (Å²) in [5.41, 5.74) is 5.95. The average molecular weight is 434 g/mol. The number of carbonyl (C=O) groups excluding carboxylic acids is 1. The van der Waals surface area contributed by atoms with Gasteiger partial charge >= 0.3 is 0 Å². The zero-order valence-corrected chi connectivity index (χ0v) is 18.1. The van der Waals surface area contributed by atoms with Crippen LogP contribution in [0.25, 0.3) is 10.1 Å². The number of piperazine rings is 1. The molecule has 0 spiro atoms. The predicted molar refractivity (Wildman–Crippen MR) is 123 cm³/mol. The molecule has 2 aliphatic heterocycles. The van der Waals surface area contributed by atoms with Gasteiger partial charge in [-0.15, -0.1) is 12.4 Å². The lowest BCUT2D eigenvalue weighted by atomic mass is 10.2. The Morgan fingerprint density at radius 3 is 2.66 bits per heavy atom. The molecule has 0 saturated carbocycles. The highest BCUT2D eigenvalue weighted by molar-refractivity contribution is 7.13. The molecule has 2 N–H and O–H groups in total. The van der Waals surface area contributed by atoms with Crippen molar-refractivity contribution in [2.45, 2.75) is 12.8 Å². The molecule has 3 heterocycles. The number of unbranched alkanes of at least 4 members (excludes halogenated alkanes) is 1. The normalized spacial score (nSPS) is 17.3. The SMILES string of the molecule is Cl.NC(=O)C1=CN(CCCCN2CCN(c3nsc4ccccc34)CC2)CC=C1. The lowest BCUT2D eigenvalue weighted by Crippen LogP contribution is -2.46. The van der Waals surface area contributed by atoms with E-state index in [0.717, 1.165) is 58.1 Å². The Bertz CT molecular complexity index is 888. The van der Waals surface area contributed by atoms with E-state index in [1.54, 1.807) is 11.5 Å². The summed E-state index contributed by atoms with van der Waals surface area (Å²) >= 11 is 1.59. The molecular formula is C21H28ClN5OS. The van der Waals surface area contributed by atoms with E-state index < -0.39 is 0 Å².